The fourth-order valence-corrected chi connectivity index (χ4v) is 5.91. The minimum absolute atomic E-state index is 0.00720. The van der Waals surface area contributed by atoms with Crippen LogP contribution in [0.3, 0.4) is 0 Å². The molecule has 1 saturated heterocycles. The van der Waals surface area contributed by atoms with Crippen LogP contribution < -0.4 is 5.32 Å². The Bertz CT molecular complexity index is 956. The SMILES string of the molecule is CCNc1cccc2c1C[C@H]1N(CC(C)OCc3c(F)cccc3F)CC[C@]2(C)C1(C)C. The van der Waals surface area contributed by atoms with E-state index in [0.717, 1.165) is 32.5 Å². The van der Waals surface area contributed by atoms with Gasteiger partial charge in [0.25, 0.3) is 0 Å². The topological polar surface area (TPSA) is 24.5 Å². The highest BCUT2D eigenvalue weighted by molar-refractivity contribution is 5.59. The van der Waals surface area contributed by atoms with Gasteiger partial charge in [-0.25, -0.2) is 8.78 Å². The van der Waals surface area contributed by atoms with Gasteiger partial charge >= 0.3 is 0 Å². The molecule has 2 aromatic rings. The number of rotatable bonds is 7. The van der Waals surface area contributed by atoms with E-state index in [2.05, 4.69) is 56.1 Å². The highest BCUT2D eigenvalue weighted by Gasteiger charge is 2.56. The number of fused-ring (bicyclic) bond motifs is 4. The van der Waals surface area contributed by atoms with E-state index >= 15 is 0 Å². The molecular formula is C27H36F2N2O. The number of nitrogens with zero attached hydrogens (tertiary/aromatic N) is 1. The zero-order chi connectivity index (χ0) is 23.1. The predicted octanol–water partition coefficient (Wildman–Crippen LogP) is 5.92. The first-order valence-electron chi connectivity index (χ1n) is 11.8. The second kappa shape index (κ2) is 8.75. The van der Waals surface area contributed by atoms with Gasteiger partial charge in [-0.3, -0.25) is 4.90 Å². The van der Waals surface area contributed by atoms with Gasteiger partial charge < -0.3 is 10.1 Å². The predicted molar refractivity (Wildman–Crippen MR) is 126 cm³/mol. The average Bonchev–Trinajstić information content (AvgIpc) is 2.73. The summed E-state index contributed by atoms with van der Waals surface area (Å²) in [6.45, 7) is 14.0. The average molecular weight is 443 g/mol. The number of nitrogens with one attached hydrogen (secondary N) is 1. The van der Waals surface area contributed by atoms with Gasteiger partial charge in [0, 0.05) is 35.8 Å². The third-order valence-corrected chi connectivity index (χ3v) is 8.20. The number of ether oxygens (including phenoxy) is 1. The lowest BCUT2D eigenvalue weighted by Gasteiger charge is -2.61. The van der Waals surface area contributed by atoms with E-state index in [1.165, 1.54) is 35.0 Å². The summed E-state index contributed by atoms with van der Waals surface area (Å²) < 4.78 is 33.9. The molecule has 0 saturated carbocycles. The summed E-state index contributed by atoms with van der Waals surface area (Å²) in [6.07, 6.45) is 1.95. The Hall–Kier alpha value is -1.98. The first-order chi connectivity index (χ1) is 15.2. The molecule has 2 bridgehead atoms. The molecule has 1 aliphatic heterocycles. The maximum absolute atomic E-state index is 14.0. The number of halogens is 2. The normalized spacial score (nSPS) is 25.3. The largest absolute Gasteiger partial charge is 0.385 e. The van der Waals surface area contributed by atoms with E-state index < -0.39 is 11.6 Å². The molecule has 0 spiro atoms. The lowest BCUT2D eigenvalue weighted by atomic mass is 9.51. The van der Waals surface area contributed by atoms with Crippen molar-refractivity contribution in [2.45, 2.75) is 71.6 Å². The van der Waals surface area contributed by atoms with Crippen molar-refractivity contribution in [3.05, 3.63) is 64.7 Å². The summed E-state index contributed by atoms with van der Waals surface area (Å²) in [5.74, 6) is -1.10. The van der Waals surface area contributed by atoms with Crippen LogP contribution in [0.2, 0.25) is 0 Å². The standard InChI is InChI=1S/C27H36F2N2O/c1-6-30-24-12-7-9-21-19(24)15-25-26(3,4)27(21,5)13-14-31(25)16-18(2)32-17-20-22(28)10-8-11-23(20)29/h7-12,18,25,30H,6,13-17H2,1-5H3/t18?,25-,27+/m1/s1. The maximum atomic E-state index is 14.0. The molecule has 1 heterocycles. The third-order valence-electron chi connectivity index (χ3n) is 8.20. The van der Waals surface area contributed by atoms with Gasteiger partial charge in [0.05, 0.1) is 12.7 Å². The van der Waals surface area contributed by atoms with Crippen LogP contribution in [0.1, 0.15) is 57.7 Å². The van der Waals surface area contributed by atoms with Crippen LogP contribution in [0.25, 0.3) is 0 Å². The zero-order valence-corrected chi connectivity index (χ0v) is 20.0. The monoisotopic (exact) mass is 442 g/mol. The minimum atomic E-state index is -0.549. The van der Waals surface area contributed by atoms with E-state index in [0.29, 0.717) is 6.04 Å². The third kappa shape index (κ3) is 3.84. The molecule has 1 N–H and O–H groups in total. The number of hydrogen-bond acceptors (Lipinski definition) is 3. The van der Waals surface area contributed by atoms with Gasteiger partial charge in [-0.15, -0.1) is 0 Å². The van der Waals surface area contributed by atoms with Crippen molar-refractivity contribution in [1.29, 1.82) is 0 Å². The number of piperidine rings is 1. The molecule has 5 heteroatoms. The quantitative estimate of drug-likeness (QED) is 0.576. The summed E-state index contributed by atoms with van der Waals surface area (Å²) in [5.41, 5.74) is 4.38. The van der Waals surface area contributed by atoms with Gasteiger partial charge in [0.15, 0.2) is 0 Å². The van der Waals surface area contributed by atoms with Crippen LogP contribution in [-0.4, -0.2) is 36.7 Å². The smallest absolute Gasteiger partial charge is 0.131 e. The van der Waals surface area contributed by atoms with Crippen molar-refractivity contribution in [3.63, 3.8) is 0 Å². The molecule has 32 heavy (non-hydrogen) atoms. The van der Waals surface area contributed by atoms with Crippen molar-refractivity contribution in [1.82, 2.24) is 4.90 Å². The van der Waals surface area contributed by atoms with Crippen LogP contribution in [0, 0.1) is 17.0 Å². The second-order valence-corrected chi connectivity index (χ2v) is 10.2. The molecule has 0 amide bonds. The molecule has 3 nitrogen and oxygen atoms in total. The Balaban J connectivity index is 1.53. The second-order valence-electron chi connectivity index (χ2n) is 10.2. The Morgan fingerprint density at radius 2 is 1.81 bits per heavy atom. The molecule has 174 valence electrons. The minimum Gasteiger partial charge on any atom is -0.385 e. The van der Waals surface area contributed by atoms with Gasteiger partial charge in [-0.2, -0.15) is 0 Å². The molecule has 4 rings (SSSR count). The maximum Gasteiger partial charge on any atom is 0.131 e. The van der Waals surface area contributed by atoms with Crippen LogP contribution in [-0.2, 0) is 23.2 Å². The van der Waals surface area contributed by atoms with Crippen LogP contribution in [0.15, 0.2) is 36.4 Å². The summed E-state index contributed by atoms with van der Waals surface area (Å²) >= 11 is 0. The van der Waals surface area contributed by atoms with Gasteiger partial charge in [-0.1, -0.05) is 39.0 Å². The highest BCUT2D eigenvalue weighted by Crippen LogP contribution is 2.57. The lowest BCUT2D eigenvalue weighted by molar-refractivity contribution is -0.0651. The molecular weight excluding hydrogens is 406 g/mol. The molecule has 1 fully saturated rings. The molecule has 2 aromatic carbocycles. The van der Waals surface area contributed by atoms with E-state index in [9.17, 15) is 8.78 Å². The molecule has 0 radical (unpaired) electrons. The van der Waals surface area contributed by atoms with E-state index in [4.69, 9.17) is 4.74 Å². The zero-order valence-electron chi connectivity index (χ0n) is 20.0. The molecule has 1 unspecified atom stereocenters. The van der Waals surface area contributed by atoms with E-state index in [1.807, 2.05) is 6.92 Å². The van der Waals surface area contributed by atoms with Crippen LogP contribution >= 0.6 is 0 Å². The number of benzene rings is 2. The van der Waals surface area contributed by atoms with Gasteiger partial charge in [0.1, 0.15) is 11.6 Å². The van der Waals surface area contributed by atoms with Crippen LogP contribution in [0.4, 0.5) is 14.5 Å². The first-order valence-corrected chi connectivity index (χ1v) is 11.8. The van der Waals surface area contributed by atoms with Crippen molar-refractivity contribution in [2.75, 3.05) is 25.0 Å². The van der Waals surface area contributed by atoms with E-state index in [1.54, 1.807) is 0 Å². The summed E-state index contributed by atoms with van der Waals surface area (Å²) in [5, 5.41) is 3.56. The van der Waals surface area contributed by atoms with E-state index in [-0.39, 0.29) is 29.1 Å². The Morgan fingerprint density at radius 1 is 1.12 bits per heavy atom. The van der Waals surface area contributed by atoms with Crippen LogP contribution in [0.5, 0.6) is 0 Å². The number of likely N-dealkylation sites (tertiary alicyclic amines) is 1. The fraction of sp³-hybridized carbons (Fsp3) is 0.556. The Labute approximate surface area is 191 Å². The lowest BCUT2D eigenvalue weighted by Crippen LogP contribution is -2.64. The van der Waals surface area contributed by atoms with Crippen molar-refractivity contribution >= 4 is 5.69 Å². The first kappa shape index (κ1) is 23.2. The van der Waals surface area contributed by atoms with Crippen molar-refractivity contribution in [3.8, 4) is 0 Å². The van der Waals surface area contributed by atoms with Gasteiger partial charge in [-0.05, 0) is 68.0 Å². The Kier molecular flexibility index (Phi) is 6.34. The fourth-order valence-electron chi connectivity index (χ4n) is 5.91. The number of anilines is 1. The highest BCUT2D eigenvalue weighted by atomic mass is 19.1. The van der Waals surface area contributed by atoms with Crippen molar-refractivity contribution < 1.29 is 13.5 Å². The molecule has 1 aliphatic carbocycles. The summed E-state index contributed by atoms with van der Waals surface area (Å²) in [4.78, 5) is 2.54. The molecule has 2 aliphatic rings. The summed E-state index contributed by atoms with van der Waals surface area (Å²) in [7, 11) is 0. The molecule has 0 aromatic heterocycles. The molecule has 3 atom stereocenters. The van der Waals surface area contributed by atoms with Gasteiger partial charge in [0.2, 0.25) is 0 Å². The Morgan fingerprint density at radius 3 is 2.50 bits per heavy atom. The number of hydrogen-bond donors (Lipinski definition) is 1. The summed E-state index contributed by atoms with van der Waals surface area (Å²) in [6, 6.07) is 11.0. The van der Waals surface area contributed by atoms with Crippen molar-refractivity contribution in [2.24, 2.45) is 5.41 Å².